The Hall–Kier alpha value is -2.14. The molecule has 2 heterocycles. The van der Waals surface area contributed by atoms with Crippen molar-refractivity contribution in [1.29, 1.82) is 0 Å². The molecule has 76 valence electrons. The van der Waals surface area contributed by atoms with Crippen LogP contribution in [-0.4, -0.2) is 9.97 Å². The number of nitrogens with two attached hydrogens (primary N) is 1. The number of hydrogen-bond donors (Lipinski definition) is 2. The molecular weight excluding hydrogens is 192 g/mol. The first-order chi connectivity index (χ1) is 7.38. The molecule has 15 heavy (non-hydrogen) atoms. The predicted molar refractivity (Wildman–Crippen MR) is 56.4 cm³/mol. The Labute approximate surface area is 86.9 Å². The molecule has 0 radical (unpaired) electrons. The van der Waals surface area contributed by atoms with Crippen LogP contribution in [0, 0.1) is 0 Å². The van der Waals surface area contributed by atoms with Crippen LogP contribution >= 0.6 is 0 Å². The average molecular weight is 202 g/mol. The van der Waals surface area contributed by atoms with E-state index in [0.29, 0.717) is 17.4 Å². The molecule has 0 aromatic carbocycles. The van der Waals surface area contributed by atoms with Gasteiger partial charge in [0.1, 0.15) is 11.6 Å². The van der Waals surface area contributed by atoms with E-state index in [9.17, 15) is 0 Å². The summed E-state index contributed by atoms with van der Waals surface area (Å²) >= 11 is 0. The number of nitrogens with one attached hydrogen (secondary N) is 1. The largest absolute Gasteiger partial charge is 0.437 e. The normalized spacial score (nSPS) is 9.67. The number of anilines is 1. The zero-order valence-electron chi connectivity index (χ0n) is 7.92. The Kier molecular flexibility index (Phi) is 2.75. The molecule has 0 unspecified atom stereocenters. The van der Waals surface area contributed by atoms with E-state index in [2.05, 4.69) is 15.4 Å². The van der Waals surface area contributed by atoms with E-state index in [1.165, 1.54) is 0 Å². The number of pyridine rings is 2. The van der Waals surface area contributed by atoms with Gasteiger partial charge in [0.25, 0.3) is 0 Å². The van der Waals surface area contributed by atoms with Crippen molar-refractivity contribution in [2.24, 2.45) is 5.84 Å². The van der Waals surface area contributed by atoms with Crippen LogP contribution in [-0.2, 0) is 0 Å². The molecule has 0 atom stereocenters. The van der Waals surface area contributed by atoms with E-state index in [4.69, 9.17) is 10.6 Å². The minimum atomic E-state index is 0.471. The van der Waals surface area contributed by atoms with E-state index >= 15 is 0 Å². The maximum absolute atomic E-state index is 5.45. The van der Waals surface area contributed by atoms with Crippen molar-refractivity contribution in [3.63, 3.8) is 0 Å². The molecular formula is C10H10N4O. The zero-order valence-corrected chi connectivity index (χ0v) is 7.92. The lowest BCUT2D eigenvalue weighted by Gasteiger charge is -2.05. The molecule has 0 fully saturated rings. The fraction of sp³-hybridized carbons (Fsp3) is 0. The second-order valence-electron chi connectivity index (χ2n) is 2.80. The summed E-state index contributed by atoms with van der Waals surface area (Å²) in [5.41, 5.74) is 2.45. The molecule has 0 aliphatic rings. The smallest absolute Gasteiger partial charge is 0.221 e. The van der Waals surface area contributed by atoms with Crippen LogP contribution in [0.2, 0.25) is 0 Å². The SMILES string of the molecule is NNc1cccc(Oc2cccnc2)n1. The second kappa shape index (κ2) is 4.39. The van der Waals surface area contributed by atoms with Gasteiger partial charge in [-0.15, -0.1) is 0 Å². The Morgan fingerprint density at radius 3 is 2.87 bits per heavy atom. The molecule has 5 heteroatoms. The molecule has 0 aliphatic carbocycles. The first kappa shape index (κ1) is 9.42. The Morgan fingerprint density at radius 1 is 1.20 bits per heavy atom. The van der Waals surface area contributed by atoms with Crippen LogP contribution < -0.4 is 16.0 Å². The number of ether oxygens (including phenoxy) is 1. The van der Waals surface area contributed by atoms with Crippen LogP contribution in [0.1, 0.15) is 0 Å². The number of aromatic nitrogens is 2. The highest BCUT2D eigenvalue weighted by atomic mass is 16.5. The summed E-state index contributed by atoms with van der Waals surface area (Å²) < 4.78 is 5.45. The van der Waals surface area contributed by atoms with E-state index < -0.39 is 0 Å². The van der Waals surface area contributed by atoms with Gasteiger partial charge in [0.05, 0.1) is 6.20 Å². The van der Waals surface area contributed by atoms with Crippen molar-refractivity contribution in [2.45, 2.75) is 0 Å². The van der Waals surface area contributed by atoms with Crippen molar-refractivity contribution < 1.29 is 4.74 Å². The third kappa shape index (κ3) is 2.41. The van der Waals surface area contributed by atoms with E-state index in [-0.39, 0.29) is 0 Å². The summed E-state index contributed by atoms with van der Waals surface area (Å²) in [6.07, 6.45) is 3.29. The van der Waals surface area contributed by atoms with Crippen LogP contribution in [0.15, 0.2) is 42.7 Å². The van der Waals surface area contributed by atoms with Crippen molar-refractivity contribution >= 4 is 5.82 Å². The van der Waals surface area contributed by atoms with Crippen molar-refractivity contribution in [3.8, 4) is 11.6 Å². The first-order valence-electron chi connectivity index (χ1n) is 4.40. The number of nitrogen functional groups attached to an aromatic ring is 1. The highest BCUT2D eigenvalue weighted by molar-refractivity contribution is 5.36. The Bertz CT molecular complexity index is 432. The number of hydrogen-bond acceptors (Lipinski definition) is 5. The highest BCUT2D eigenvalue weighted by Gasteiger charge is 1.98. The maximum atomic E-state index is 5.45. The summed E-state index contributed by atoms with van der Waals surface area (Å²) in [7, 11) is 0. The molecule has 0 spiro atoms. The summed E-state index contributed by atoms with van der Waals surface area (Å²) in [6.45, 7) is 0. The van der Waals surface area contributed by atoms with E-state index in [1.807, 2.05) is 0 Å². The molecule has 0 saturated carbocycles. The molecule has 3 N–H and O–H groups in total. The van der Waals surface area contributed by atoms with Gasteiger partial charge in [0, 0.05) is 12.3 Å². The zero-order chi connectivity index (χ0) is 10.5. The first-order valence-corrected chi connectivity index (χ1v) is 4.40. The van der Waals surface area contributed by atoms with Crippen molar-refractivity contribution in [2.75, 3.05) is 5.43 Å². The molecule has 0 aliphatic heterocycles. The van der Waals surface area contributed by atoms with Gasteiger partial charge >= 0.3 is 0 Å². The molecule has 0 bridgehead atoms. The van der Waals surface area contributed by atoms with E-state index in [1.54, 1.807) is 42.7 Å². The van der Waals surface area contributed by atoms with Gasteiger partial charge in [-0.3, -0.25) is 4.98 Å². The van der Waals surface area contributed by atoms with Gasteiger partial charge in [-0.2, -0.15) is 4.98 Å². The third-order valence-corrected chi connectivity index (χ3v) is 1.73. The quantitative estimate of drug-likeness (QED) is 0.583. The number of rotatable bonds is 3. The topological polar surface area (TPSA) is 73.1 Å². The molecule has 2 aromatic rings. The highest BCUT2D eigenvalue weighted by Crippen LogP contribution is 2.18. The monoisotopic (exact) mass is 202 g/mol. The third-order valence-electron chi connectivity index (χ3n) is 1.73. The number of nitrogens with zero attached hydrogens (tertiary/aromatic N) is 2. The summed E-state index contributed by atoms with van der Waals surface area (Å²) in [4.78, 5) is 8.03. The molecule has 0 saturated heterocycles. The maximum Gasteiger partial charge on any atom is 0.221 e. The lowest BCUT2D eigenvalue weighted by Crippen LogP contribution is -2.08. The molecule has 2 rings (SSSR count). The van der Waals surface area contributed by atoms with Gasteiger partial charge in [-0.05, 0) is 18.2 Å². The van der Waals surface area contributed by atoms with Crippen molar-refractivity contribution in [1.82, 2.24) is 9.97 Å². The van der Waals surface area contributed by atoms with Crippen LogP contribution in [0.5, 0.6) is 11.6 Å². The van der Waals surface area contributed by atoms with Crippen LogP contribution in [0.25, 0.3) is 0 Å². The van der Waals surface area contributed by atoms with Crippen LogP contribution in [0.4, 0.5) is 5.82 Å². The lowest BCUT2D eigenvalue weighted by atomic mass is 10.4. The standard InChI is InChI=1S/C10H10N4O/c11-14-9-4-1-5-10(13-9)15-8-3-2-6-12-7-8/h1-7H,11H2,(H,13,14). The van der Waals surface area contributed by atoms with Crippen LogP contribution in [0.3, 0.4) is 0 Å². The van der Waals surface area contributed by atoms with E-state index in [0.717, 1.165) is 0 Å². The Balaban J connectivity index is 2.17. The molecule has 5 nitrogen and oxygen atoms in total. The fourth-order valence-corrected chi connectivity index (χ4v) is 1.08. The lowest BCUT2D eigenvalue weighted by molar-refractivity contribution is 0.461. The number of hydrazine groups is 1. The Morgan fingerprint density at radius 2 is 2.13 bits per heavy atom. The van der Waals surface area contributed by atoms with Gasteiger partial charge in [0.15, 0.2) is 0 Å². The second-order valence-corrected chi connectivity index (χ2v) is 2.80. The fourth-order valence-electron chi connectivity index (χ4n) is 1.08. The average Bonchev–Trinajstić information content (AvgIpc) is 2.31. The summed E-state index contributed by atoms with van der Waals surface area (Å²) in [6, 6.07) is 8.88. The minimum Gasteiger partial charge on any atom is -0.437 e. The van der Waals surface area contributed by atoms with Gasteiger partial charge in [0.2, 0.25) is 5.88 Å². The van der Waals surface area contributed by atoms with Gasteiger partial charge in [-0.1, -0.05) is 6.07 Å². The van der Waals surface area contributed by atoms with Crippen molar-refractivity contribution in [3.05, 3.63) is 42.7 Å². The molecule has 0 amide bonds. The minimum absolute atomic E-state index is 0.471. The summed E-state index contributed by atoms with van der Waals surface area (Å²) in [5.74, 6) is 6.89. The van der Waals surface area contributed by atoms with Gasteiger partial charge < -0.3 is 10.2 Å². The van der Waals surface area contributed by atoms with Gasteiger partial charge in [-0.25, -0.2) is 5.84 Å². The molecule has 2 aromatic heterocycles. The predicted octanol–water partition coefficient (Wildman–Crippen LogP) is 1.55. The summed E-state index contributed by atoms with van der Waals surface area (Å²) in [5, 5.41) is 0.